The maximum absolute atomic E-state index is 12.6. The molecule has 2 aromatic heterocycles. The Morgan fingerprint density at radius 3 is 2.42 bits per heavy atom. The first kappa shape index (κ1) is 16.5. The van der Waals surface area contributed by atoms with Gasteiger partial charge in [-0.3, -0.25) is 4.79 Å². The molecule has 3 amide bonds. The van der Waals surface area contributed by atoms with Crippen LogP contribution in [-0.4, -0.2) is 71.9 Å². The van der Waals surface area contributed by atoms with Gasteiger partial charge in [0.15, 0.2) is 10.8 Å². The number of hydrogen-bond donors (Lipinski definition) is 0. The highest BCUT2D eigenvalue weighted by atomic mass is 32.1. The van der Waals surface area contributed by atoms with Crippen molar-refractivity contribution in [1.29, 1.82) is 0 Å². The van der Waals surface area contributed by atoms with Gasteiger partial charge in [0.25, 0.3) is 5.91 Å². The van der Waals surface area contributed by atoms with Gasteiger partial charge in [-0.15, -0.1) is 11.3 Å². The number of aromatic nitrogens is 1. The van der Waals surface area contributed by atoms with E-state index in [0.29, 0.717) is 42.6 Å². The van der Waals surface area contributed by atoms with Crippen LogP contribution in [0.4, 0.5) is 4.79 Å². The van der Waals surface area contributed by atoms with E-state index in [9.17, 15) is 9.59 Å². The Balaban J connectivity index is 1.64. The summed E-state index contributed by atoms with van der Waals surface area (Å²) >= 11 is 1.39. The van der Waals surface area contributed by atoms with Crippen molar-refractivity contribution in [2.24, 2.45) is 0 Å². The van der Waals surface area contributed by atoms with E-state index in [2.05, 4.69) is 4.98 Å². The average molecular weight is 348 g/mol. The molecular formula is C16H20N4O3S. The van der Waals surface area contributed by atoms with Gasteiger partial charge in [-0.25, -0.2) is 9.78 Å². The number of aryl methyl sites for hydroxylation is 1. The molecule has 0 radical (unpaired) electrons. The zero-order chi connectivity index (χ0) is 17.3. The van der Waals surface area contributed by atoms with Crippen LogP contribution in [0.2, 0.25) is 0 Å². The highest BCUT2D eigenvalue weighted by molar-refractivity contribution is 7.13. The molecule has 0 N–H and O–H groups in total. The molecule has 3 heterocycles. The Labute approximate surface area is 144 Å². The Morgan fingerprint density at radius 2 is 1.83 bits per heavy atom. The fourth-order valence-corrected chi connectivity index (χ4v) is 3.33. The molecule has 24 heavy (non-hydrogen) atoms. The van der Waals surface area contributed by atoms with E-state index >= 15 is 0 Å². The summed E-state index contributed by atoms with van der Waals surface area (Å²) in [5.41, 5.74) is 0.427. The molecule has 128 valence electrons. The van der Waals surface area contributed by atoms with Crippen LogP contribution in [0.15, 0.2) is 21.9 Å². The van der Waals surface area contributed by atoms with Crippen LogP contribution in [0.3, 0.4) is 0 Å². The Kier molecular flexibility index (Phi) is 4.57. The average Bonchev–Trinajstić information content (AvgIpc) is 3.22. The zero-order valence-electron chi connectivity index (χ0n) is 14.0. The van der Waals surface area contributed by atoms with Gasteiger partial charge in [-0.1, -0.05) is 0 Å². The first-order valence-electron chi connectivity index (χ1n) is 7.73. The SMILES string of the molecule is Cc1ccc(-c2nc(C(=O)N3CCN(C(=O)N(C)C)CC3)cs2)o1. The fraction of sp³-hybridized carbons (Fsp3) is 0.438. The van der Waals surface area contributed by atoms with E-state index < -0.39 is 0 Å². The monoisotopic (exact) mass is 348 g/mol. The summed E-state index contributed by atoms with van der Waals surface area (Å²) in [6.07, 6.45) is 0. The molecule has 0 spiro atoms. The topological polar surface area (TPSA) is 69.9 Å². The molecule has 0 aliphatic carbocycles. The van der Waals surface area contributed by atoms with Gasteiger partial charge in [0.1, 0.15) is 11.5 Å². The number of urea groups is 1. The lowest BCUT2D eigenvalue weighted by atomic mass is 10.3. The second-order valence-electron chi connectivity index (χ2n) is 5.90. The summed E-state index contributed by atoms with van der Waals surface area (Å²) in [6, 6.07) is 3.71. The first-order valence-corrected chi connectivity index (χ1v) is 8.61. The maximum atomic E-state index is 12.6. The van der Waals surface area contributed by atoms with Gasteiger partial charge < -0.3 is 19.1 Å². The van der Waals surface area contributed by atoms with E-state index in [-0.39, 0.29) is 11.9 Å². The lowest BCUT2D eigenvalue weighted by Crippen LogP contribution is -2.52. The number of carbonyl (C=O) groups excluding carboxylic acids is 2. The molecule has 0 atom stereocenters. The molecule has 7 nitrogen and oxygen atoms in total. The Morgan fingerprint density at radius 1 is 1.17 bits per heavy atom. The number of thiazole rings is 1. The van der Waals surface area contributed by atoms with Crippen LogP contribution in [0, 0.1) is 6.92 Å². The maximum Gasteiger partial charge on any atom is 0.319 e. The van der Waals surface area contributed by atoms with E-state index in [1.165, 1.54) is 11.3 Å². The number of amides is 3. The molecule has 1 fully saturated rings. The van der Waals surface area contributed by atoms with Crippen molar-refractivity contribution in [3.63, 3.8) is 0 Å². The normalized spacial score (nSPS) is 14.8. The van der Waals surface area contributed by atoms with Crippen molar-refractivity contribution in [3.05, 3.63) is 29.0 Å². The number of rotatable bonds is 2. The lowest BCUT2D eigenvalue weighted by molar-refractivity contribution is 0.0645. The summed E-state index contributed by atoms with van der Waals surface area (Å²) in [7, 11) is 3.46. The molecule has 0 bridgehead atoms. The molecule has 8 heteroatoms. The summed E-state index contributed by atoms with van der Waals surface area (Å²) in [5, 5.41) is 2.46. The summed E-state index contributed by atoms with van der Waals surface area (Å²) in [5.74, 6) is 1.39. The first-order chi connectivity index (χ1) is 11.5. The predicted octanol–water partition coefficient (Wildman–Crippen LogP) is 2.15. The van der Waals surface area contributed by atoms with Crippen LogP contribution >= 0.6 is 11.3 Å². The lowest BCUT2D eigenvalue weighted by Gasteiger charge is -2.35. The highest BCUT2D eigenvalue weighted by Crippen LogP contribution is 2.26. The van der Waals surface area contributed by atoms with Crippen LogP contribution in [-0.2, 0) is 0 Å². The minimum Gasteiger partial charge on any atom is -0.459 e. The minimum absolute atomic E-state index is 0.0220. The van der Waals surface area contributed by atoms with Gasteiger partial charge in [0.05, 0.1) is 0 Å². The summed E-state index contributed by atoms with van der Waals surface area (Å²) in [4.78, 5) is 34.0. The highest BCUT2D eigenvalue weighted by Gasteiger charge is 2.27. The molecule has 0 unspecified atom stereocenters. The summed E-state index contributed by atoms with van der Waals surface area (Å²) in [6.45, 7) is 3.99. The van der Waals surface area contributed by atoms with Crippen LogP contribution in [0.5, 0.6) is 0 Å². The van der Waals surface area contributed by atoms with Gasteiger partial charge in [-0.2, -0.15) is 0 Å². The van der Waals surface area contributed by atoms with E-state index in [1.54, 1.807) is 34.2 Å². The van der Waals surface area contributed by atoms with E-state index in [1.807, 2.05) is 19.1 Å². The third-order valence-electron chi connectivity index (χ3n) is 3.89. The number of piperazine rings is 1. The fourth-order valence-electron chi connectivity index (χ4n) is 2.58. The molecule has 1 saturated heterocycles. The molecular weight excluding hydrogens is 328 g/mol. The standard InChI is InChI=1S/C16H20N4O3S/c1-11-4-5-13(23-11)14-17-12(10-24-14)15(21)19-6-8-20(9-7-19)16(22)18(2)3/h4-5,10H,6-9H2,1-3H3. The van der Waals surface area contributed by atoms with Gasteiger partial charge in [-0.05, 0) is 19.1 Å². The van der Waals surface area contributed by atoms with Gasteiger partial charge >= 0.3 is 6.03 Å². The Hall–Kier alpha value is -2.35. The quantitative estimate of drug-likeness (QED) is 0.834. The summed E-state index contributed by atoms with van der Waals surface area (Å²) < 4.78 is 5.55. The van der Waals surface area contributed by atoms with E-state index in [4.69, 9.17) is 4.42 Å². The van der Waals surface area contributed by atoms with Gasteiger partial charge in [0.2, 0.25) is 0 Å². The number of nitrogens with zero attached hydrogens (tertiary/aromatic N) is 4. The van der Waals surface area contributed by atoms with Crippen molar-refractivity contribution >= 4 is 23.3 Å². The second kappa shape index (κ2) is 6.64. The van der Waals surface area contributed by atoms with Crippen molar-refractivity contribution in [3.8, 4) is 10.8 Å². The second-order valence-corrected chi connectivity index (χ2v) is 6.76. The predicted molar refractivity (Wildman–Crippen MR) is 91.1 cm³/mol. The zero-order valence-corrected chi connectivity index (χ0v) is 14.8. The van der Waals surface area contributed by atoms with Gasteiger partial charge in [0, 0.05) is 45.7 Å². The largest absolute Gasteiger partial charge is 0.459 e. The Bertz CT molecular complexity index is 744. The number of carbonyl (C=O) groups is 2. The number of hydrogen-bond acceptors (Lipinski definition) is 5. The van der Waals surface area contributed by atoms with Crippen LogP contribution in [0.1, 0.15) is 16.2 Å². The van der Waals surface area contributed by atoms with Crippen molar-refractivity contribution in [1.82, 2.24) is 19.7 Å². The molecule has 1 aliphatic rings. The molecule has 1 aliphatic heterocycles. The number of furan rings is 1. The van der Waals surface area contributed by atoms with Crippen LogP contribution < -0.4 is 0 Å². The van der Waals surface area contributed by atoms with Crippen molar-refractivity contribution < 1.29 is 14.0 Å². The van der Waals surface area contributed by atoms with Crippen molar-refractivity contribution in [2.75, 3.05) is 40.3 Å². The van der Waals surface area contributed by atoms with Crippen LogP contribution in [0.25, 0.3) is 10.8 Å². The third kappa shape index (κ3) is 3.28. The third-order valence-corrected chi connectivity index (χ3v) is 4.75. The minimum atomic E-state index is -0.0993. The molecule has 3 rings (SSSR count). The smallest absolute Gasteiger partial charge is 0.319 e. The molecule has 0 aromatic carbocycles. The molecule has 0 saturated carbocycles. The van der Waals surface area contributed by atoms with Crippen molar-refractivity contribution in [2.45, 2.75) is 6.92 Å². The van der Waals surface area contributed by atoms with E-state index in [0.717, 1.165) is 5.76 Å². The molecule has 2 aromatic rings.